The number of aryl methyl sites for hydroxylation is 1. The molecular formula is C23H21ClN2O4S. The Labute approximate surface area is 188 Å². The maximum Gasteiger partial charge on any atom is 0.348 e. The summed E-state index contributed by atoms with van der Waals surface area (Å²) in [6, 6.07) is 16.6. The molecule has 2 heterocycles. The Hall–Kier alpha value is -3.03. The molecule has 2 aromatic heterocycles. The van der Waals surface area contributed by atoms with Gasteiger partial charge in [-0.05, 0) is 62.4 Å². The van der Waals surface area contributed by atoms with Crippen LogP contribution < -0.4 is 9.47 Å². The van der Waals surface area contributed by atoms with Crippen LogP contribution >= 0.6 is 22.9 Å². The standard InChI is InChI=1S/C23H21ClN2O4S/c1-3-28-18-7-9-19(10-8-18)29-11-12-30-23(27)21-14-20-15(2)25-26(22(20)31-21)17-6-4-5-16(24)13-17/h4-10,13-14H,3,11-12H2,1-2H3. The summed E-state index contributed by atoms with van der Waals surface area (Å²) in [7, 11) is 0. The van der Waals surface area contributed by atoms with Gasteiger partial charge in [-0.1, -0.05) is 17.7 Å². The first kappa shape index (κ1) is 21.2. The Morgan fingerprint density at radius 1 is 1.06 bits per heavy atom. The molecule has 0 aliphatic carbocycles. The number of fused-ring (bicyclic) bond motifs is 1. The van der Waals surface area contributed by atoms with Gasteiger partial charge in [-0.15, -0.1) is 11.3 Å². The summed E-state index contributed by atoms with van der Waals surface area (Å²) < 4.78 is 18.2. The van der Waals surface area contributed by atoms with E-state index in [2.05, 4.69) is 5.10 Å². The number of nitrogens with zero attached hydrogens (tertiary/aromatic N) is 2. The summed E-state index contributed by atoms with van der Waals surface area (Å²) >= 11 is 7.46. The fourth-order valence-electron chi connectivity index (χ4n) is 3.09. The van der Waals surface area contributed by atoms with E-state index in [0.29, 0.717) is 22.3 Å². The van der Waals surface area contributed by atoms with Crippen LogP contribution in [0.5, 0.6) is 11.5 Å². The fourth-order valence-corrected chi connectivity index (χ4v) is 4.36. The number of benzene rings is 2. The van der Waals surface area contributed by atoms with Crippen LogP contribution in [0.3, 0.4) is 0 Å². The molecule has 0 amide bonds. The van der Waals surface area contributed by atoms with Crippen molar-refractivity contribution >= 4 is 39.1 Å². The van der Waals surface area contributed by atoms with Crippen LogP contribution in [-0.4, -0.2) is 35.6 Å². The van der Waals surface area contributed by atoms with Gasteiger partial charge in [-0.25, -0.2) is 9.48 Å². The minimum absolute atomic E-state index is 0.152. The molecule has 2 aromatic carbocycles. The highest BCUT2D eigenvalue weighted by molar-refractivity contribution is 7.20. The molecule has 4 rings (SSSR count). The van der Waals surface area contributed by atoms with Crippen molar-refractivity contribution in [2.45, 2.75) is 13.8 Å². The van der Waals surface area contributed by atoms with Crippen molar-refractivity contribution in [1.82, 2.24) is 9.78 Å². The molecule has 0 unspecified atom stereocenters. The van der Waals surface area contributed by atoms with Crippen molar-refractivity contribution < 1.29 is 19.0 Å². The van der Waals surface area contributed by atoms with Gasteiger partial charge < -0.3 is 14.2 Å². The zero-order valence-electron chi connectivity index (χ0n) is 17.1. The topological polar surface area (TPSA) is 62.6 Å². The maximum atomic E-state index is 12.5. The highest BCUT2D eigenvalue weighted by atomic mass is 35.5. The summed E-state index contributed by atoms with van der Waals surface area (Å²) in [6.45, 7) is 4.88. The molecular weight excluding hydrogens is 436 g/mol. The van der Waals surface area contributed by atoms with Crippen LogP contribution in [0.25, 0.3) is 15.9 Å². The van der Waals surface area contributed by atoms with Crippen molar-refractivity contribution in [2.24, 2.45) is 0 Å². The zero-order chi connectivity index (χ0) is 21.8. The molecule has 0 bridgehead atoms. The lowest BCUT2D eigenvalue weighted by atomic mass is 10.3. The molecule has 0 spiro atoms. The van der Waals surface area contributed by atoms with Crippen LogP contribution in [0, 0.1) is 6.92 Å². The van der Waals surface area contributed by atoms with Gasteiger partial charge in [0.2, 0.25) is 0 Å². The lowest BCUT2D eigenvalue weighted by Gasteiger charge is -2.08. The first-order valence-corrected chi connectivity index (χ1v) is 11.0. The molecule has 4 aromatic rings. The monoisotopic (exact) mass is 456 g/mol. The number of esters is 1. The summed E-state index contributed by atoms with van der Waals surface area (Å²) in [4.78, 5) is 13.9. The number of rotatable bonds is 8. The molecule has 0 aliphatic heterocycles. The van der Waals surface area contributed by atoms with Crippen LogP contribution in [0.2, 0.25) is 5.02 Å². The second-order valence-electron chi connectivity index (χ2n) is 6.70. The fraction of sp³-hybridized carbons (Fsp3) is 0.217. The number of aromatic nitrogens is 2. The number of hydrogen-bond acceptors (Lipinski definition) is 6. The second-order valence-corrected chi connectivity index (χ2v) is 8.16. The highest BCUT2D eigenvalue weighted by Crippen LogP contribution is 2.31. The van der Waals surface area contributed by atoms with Crippen LogP contribution in [0.15, 0.2) is 54.6 Å². The van der Waals surface area contributed by atoms with Gasteiger partial charge in [0.25, 0.3) is 0 Å². The lowest BCUT2D eigenvalue weighted by molar-refractivity contribution is 0.0456. The SMILES string of the molecule is CCOc1ccc(OCCOC(=O)c2cc3c(C)nn(-c4cccc(Cl)c4)c3s2)cc1. The minimum Gasteiger partial charge on any atom is -0.494 e. The number of hydrogen-bond donors (Lipinski definition) is 0. The molecule has 0 saturated heterocycles. The molecule has 0 atom stereocenters. The van der Waals surface area contributed by atoms with Crippen LogP contribution in [0.4, 0.5) is 0 Å². The summed E-state index contributed by atoms with van der Waals surface area (Å²) in [6.07, 6.45) is 0. The lowest BCUT2D eigenvalue weighted by Crippen LogP contribution is -2.11. The van der Waals surface area contributed by atoms with Crippen molar-refractivity contribution in [3.05, 3.63) is 70.2 Å². The van der Waals surface area contributed by atoms with Crippen LogP contribution in [-0.2, 0) is 4.74 Å². The van der Waals surface area contributed by atoms with Gasteiger partial charge >= 0.3 is 5.97 Å². The van der Waals surface area contributed by atoms with Crippen molar-refractivity contribution in [1.29, 1.82) is 0 Å². The van der Waals surface area contributed by atoms with Gasteiger partial charge in [0.15, 0.2) is 0 Å². The van der Waals surface area contributed by atoms with E-state index in [4.69, 9.17) is 25.8 Å². The quantitative estimate of drug-likeness (QED) is 0.252. The molecule has 0 N–H and O–H groups in total. The smallest absolute Gasteiger partial charge is 0.348 e. The van der Waals surface area contributed by atoms with Gasteiger partial charge in [-0.3, -0.25) is 0 Å². The Bertz CT molecular complexity index is 1200. The van der Waals surface area contributed by atoms with E-state index >= 15 is 0 Å². The third-order valence-electron chi connectivity index (χ3n) is 4.52. The predicted molar refractivity (Wildman–Crippen MR) is 122 cm³/mol. The molecule has 0 radical (unpaired) electrons. The molecule has 0 saturated carbocycles. The van der Waals surface area contributed by atoms with Gasteiger partial charge in [0.1, 0.15) is 34.4 Å². The third kappa shape index (κ3) is 4.84. The Kier molecular flexibility index (Phi) is 6.44. The van der Waals surface area contributed by atoms with E-state index in [-0.39, 0.29) is 19.2 Å². The van der Waals surface area contributed by atoms with E-state index < -0.39 is 0 Å². The zero-order valence-corrected chi connectivity index (χ0v) is 18.7. The number of halogens is 1. The molecule has 8 heteroatoms. The second kappa shape index (κ2) is 9.41. The number of carbonyl (C=O) groups is 1. The van der Waals surface area contributed by atoms with Crippen molar-refractivity contribution in [3.63, 3.8) is 0 Å². The third-order valence-corrected chi connectivity index (χ3v) is 5.84. The van der Waals surface area contributed by atoms with E-state index in [1.807, 2.05) is 68.4 Å². The van der Waals surface area contributed by atoms with E-state index in [0.717, 1.165) is 27.3 Å². The number of carbonyl (C=O) groups excluding carboxylic acids is 1. The van der Waals surface area contributed by atoms with Gasteiger partial charge in [-0.2, -0.15) is 5.10 Å². The first-order chi connectivity index (χ1) is 15.0. The molecule has 31 heavy (non-hydrogen) atoms. The largest absolute Gasteiger partial charge is 0.494 e. The Balaban J connectivity index is 1.38. The Morgan fingerprint density at radius 3 is 2.52 bits per heavy atom. The maximum absolute atomic E-state index is 12.5. The molecule has 160 valence electrons. The van der Waals surface area contributed by atoms with Crippen LogP contribution in [0.1, 0.15) is 22.3 Å². The van der Waals surface area contributed by atoms with Gasteiger partial charge in [0.05, 0.1) is 18.0 Å². The van der Waals surface area contributed by atoms with Crippen molar-refractivity contribution in [2.75, 3.05) is 19.8 Å². The summed E-state index contributed by atoms with van der Waals surface area (Å²) in [5.74, 6) is 1.10. The number of thiophene rings is 1. The normalized spacial score (nSPS) is 10.9. The van der Waals surface area contributed by atoms with Crippen molar-refractivity contribution in [3.8, 4) is 17.2 Å². The molecule has 6 nitrogen and oxygen atoms in total. The summed E-state index contributed by atoms with van der Waals surface area (Å²) in [5.41, 5.74) is 1.68. The van der Waals surface area contributed by atoms with E-state index in [9.17, 15) is 4.79 Å². The molecule has 0 aliphatic rings. The average molecular weight is 457 g/mol. The summed E-state index contributed by atoms with van der Waals surface area (Å²) in [5, 5.41) is 6.12. The average Bonchev–Trinajstić information content (AvgIpc) is 3.33. The van der Waals surface area contributed by atoms with Gasteiger partial charge in [0, 0.05) is 10.4 Å². The predicted octanol–water partition coefficient (Wildman–Crippen LogP) is 5.68. The number of ether oxygens (including phenoxy) is 3. The van der Waals surface area contributed by atoms with E-state index in [1.165, 1.54) is 11.3 Å². The highest BCUT2D eigenvalue weighted by Gasteiger charge is 2.18. The molecule has 0 fully saturated rings. The first-order valence-electron chi connectivity index (χ1n) is 9.83. The van der Waals surface area contributed by atoms with E-state index in [1.54, 1.807) is 4.68 Å². The Morgan fingerprint density at radius 2 is 1.81 bits per heavy atom. The minimum atomic E-state index is -0.381.